The predicted molar refractivity (Wildman–Crippen MR) is 80.5 cm³/mol. The standard InChI is InChI=1S/C14H22N2O4S/c1-4-16(11(2)3)9-10-20-14(17)12-5-7-13(8-6-12)21(15,18)19/h5-8,11H,4,9-10H2,1-3H3,(H2,15,18,19). The number of benzene rings is 1. The van der Waals surface area contributed by atoms with Gasteiger partial charge in [-0.1, -0.05) is 6.92 Å². The van der Waals surface area contributed by atoms with Gasteiger partial charge in [0.05, 0.1) is 10.5 Å². The van der Waals surface area contributed by atoms with E-state index in [2.05, 4.69) is 18.7 Å². The fraction of sp³-hybridized carbons (Fsp3) is 0.500. The highest BCUT2D eigenvalue weighted by atomic mass is 32.2. The van der Waals surface area contributed by atoms with Gasteiger partial charge in [-0.25, -0.2) is 18.4 Å². The number of hydrogen-bond donors (Lipinski definition) is 1. The summed E-state index contributed by atoms with van der Waals surface area (Å²) in [7, 11) is -3.75. The molecule has 0 aliphatic rings. The minimum atomic E-state index is -3.75. The fourth-order valence-corrected chi connectivity index (χ4v) is 2.42. The third-order valence-corrected chi connectivity index (χ3v) is 4.10. The largest absolute Gasteiger partial charge is 0.461 e. The number of rotatable bonds is 7. The molecule has 7 heteroatoms. The van der Waals surface area contributed by atoms with E-state index < -0.39 is 16.0 Å². The normalized spacial score (nSPS) is 11.9. The molecule has 0 spiro atoms. The van der Waals surface area contributed by atoms with Crippen LogP contribution in [0.1, 0.15) is 31.1 Å². The maximum Gasteiger partial charge on any atom is 0.338 e. The Kier molecular flexibility index (Phi) is 6.32. The van der Waals surface area contributed by atoms with Crippen molar-refractivity contribution in [1.82, 2.24) is 4.90 Å². The SMILES string of the molecule is CCN(CCOC(=O)c1ccc(S(N)(=O)=O)cc1)C(C)C. The van der Waals surface area contributed by atoms with E-state index in [4.69, 9.17) is 9.88 Å². The first-order valence-corrected chi connectivity index (χ1v) is 8.34. The fourth-order valence-electron chi connectivity index (χ4n) is 1.90. The first kappa shape index (κ1) is 17.6. The van der Waals surface area contributed by atoms with E-state index in [0.717, 1.165) is 6.54 Å². The highest BCUT2D eigenvalue weighted by molar-refractivity contribution is 7.89. The average molecular weight is 314 g/mol. The summed E-state index contributed by atoms with van der Waals surface area (Å²) in [5.74, 6) is -0.476. The first-order valence-electron chi connectivity index (χ1n) is 6.79. The molecule has 0 amide bonds. The van der Waals surface area contributed by atoms with Crippen molar-refractivity contribution in [3.63, 3.8) is 0 Å². The summed E-state index contributed by atoms with van der Waals surface area (Å²) in [6.45, 7) is 8.05. The first-order chi connectivity index (χ1) is 9.75. The third-order valence-electron chi connectivity index (χ3n) is 3.17. The van der Waals surface area contributed by atoms with Crippen molar-refractivity contribution in [2.45, 2.75) is 31.7 Å². The molecule has 0 atom stereocenters. The van der Waals surface area contributed by atoms with Crippen LogP contribution in [0.15, 0.2) is 29.2 Å². The van der Waals surface area contributed by atoms with Crippen LogP contribution in [0, 0.1) is 0 Å². The molecule has 0 unspecified atom stereocenters. The molecule has 1 aromatic carbocycles. The maximum atomic E-state index is 11.8. The number of esters is 1. The zero-order chi connectivity index (χ0) is 16.0. The minimum absolute atomic E-state index is 0.0315. The van der Waals surface area contributed by atoms with Crippen molar-refractivity contribution in [3.8, 4) is 0 Å². The second-order valence-electron chi connectivity index (χ2n) is 4.93. The number of nitrogens with zero attached hydrogens (tertiary/aromatic N) is 1. The molecule has 0 saturated carbocycles. The van der Waals surface area contributed by atoms with Crippen LogP contribution in [0.4, 0.5) is 0 Å². The number of hydrogen-bond acceptors (Lipinski definition) is 5. The number of carbonyl (C=O) groups excluding carboxylic acids is 1. The zero-order valence-corrected chi connectivity index (χ0v) is 13.4. The molecule has 1 aromatic rings. The lowest BCUT2D eigenvalue weighted by Gasteiger charge is -2.24. The van der Waals surface area contributed by atoms with Crippen molar-refractivity contribution in [2.75, 3.05) is 19.7 Å². The van der Waals surface area contributed by atoms with E-state index in [9.17, 15) is 13.2 Å². The number of carbonyl (C=O) groups is 1. The Morgan fingerprint density at radius 2 is 1.86 bits per heavy atom. The molecule has 0 fully saturated rings. The van der Waals surface area contributed by atoms with E-state index in [1.54, 1.807) is 0 Å². The van der Waals surface area contributed by atoms with Gasteiger partial charge in [0.2, 0.25) is 10.0 Å². The van der Waals surface area contributed by atoms with E-state index >= 15 is 0 Å². The van der Waals surface area contributed by atoms with Crippen LogP contribution in [-0.2, 0) is 14.8 Å². The van der Waals surface area contributed by atoms with Gasteiger partial charge < -0.3 is 4.74 Å². The molecule has 21 heavy (non-hydrogen) atoms. The van der Waals surface area contributed by atoms with Crippen LogP contribution < -0.4 is 5.14 Å². The molecular formula is C14H22N2O4S. The highest BCUT2D eigenvalue weighted by Crippen LogP contribution is 2.10. The number of primary sulfonamides is 1. The number of nitrogens with two attached hydrogens (primary N) is 1. The molecule has 0 aliphatic heterocycles. The molecule has 0 aliphatic carbocycles. The van der Waals surface area contributed by atoms with Crippen molar-refractivity contribution < 1.29 is 17.9 Å². The van der Waals surface area contributed by atoms with Gasteiger partial charge in [-0.2, -0.15) is 0 Å². The summed E-state index contributed by atoms with van der Waals surface area (Å²) < 4.78 is 27.4. The van der Waals surface area contributed by atoms with Crippen LogP contribution in [0.2, 0.25) is 0 Å². The Hall–Kier alpha value is -1.44. The zero-order valence-electron chi connectivity index (χ0n) is 12.6. The van der Waals surface area contributed by atoms with Crippen molar-refractivity contribution in [2.24, 2.45) is 5.14 Å². The minimum Gasteiger partial charge on any atom is -0.461 e. The second kappa shape index (κ2) is 7.53. The summed E-state index contributed by atoms with van der Waals surface area (Å²) in [5.41, 5.74) is 0.301. The molecule has 0 radical (unpaired) electrons. The molecule has 0 bridgehead atoms. The molecule has 0 heterocycles. The van der Waals surface area contributed by atoms with Gasteiger partial charge in [0, 0.05) is 12.6 Å². The van der Waals surface area contributed by atoms with Crippen molar-refractivity contribution >= 4 is 16.0 Å². The molecule has 1 rings (SSSR count). The number of likely N-dealkylation sites (N-methyl/N-ethyl adjacent to an activating group) is 1. The van der Waals surface area contributed by atoms with E-state index in [0.29, 0.717) is 24.8 Å². The average Bonchev–Trinajstić information content (AvgIpc) is 2.42. The molecule has 6 nitrogen and oxygen atoms in total. The molecule has 0 saturated heterocycles. The Balaban J connectivity index is 2.57. The highest BCUT2D eigenvalue weighted by Gasteiger charge is 2.12. The van der Waals surface area contributed by atoms with Gasteiger partial charge in [0.1, 0.15) is 6.61 Å². The monoisotopic (exact) mass is 314 g/mol. The Labute approximate surface area is 125 Å². The number of sulfonamides is 1. The summed E-state index contributed by atoms with van der Waals surface area (Å²) in [4.78, 5) is 14.0. The van der Waals surface area contributed by atoms with E-state index in [1.165, 1.54) is 24.3 Å². The summed E-state index contributed by atoms with van der Waals surface area (Å²) in [5, 5.41) is 4.99. The van der Waals surface area contributed by atoms with E-state index in [1.807, 2.05) is 6.92 Å². The summed E-state index contributed by atoms with van der Waals surface area (Å²) in [6.07, 6.45) is 0. The lowest BCUT2D eigenvalue weighted by atomic mass is 10.2. The quantitative estimate of drug-likeness (QED) is 0.764. The topological polar surface area (TPSA) is 89.7 Å². The third kappa shape index (κ3) is 5.45. The molecule has 2 N–H and O–H groups in total. The van der Waals surface area contributed by atoms with Crippen LogP contribution in [0.25, 0.3) is 0 Å². The van der Waals surface area contributed by atoms with Crippen LogP contribution >= 0.6 is 0 Å². The second-order valence-corrected chi connectivity index (χ2v) is 6.49. The maximum absolute atomic E-state index is 11.8. The van der Waals surface area contributed by atoms with Gasteiger partial charge in [0.25, 0.3) is 0 Å². The molecular weight excluding hydrogens is 292 g/mol. The Bertz CT molecular complexity index is 567. The van der Waals surface area contributed by atoms with E-state index in [-0.39, 0.29) is 4.90 Å². The molecule has 118 valence electrons. The van der Waals surface area contributed by atoms with Crippen LogP contribution in [0.3, 0.4) is 0 Å². The Morgan fingerprint density at radius 3 is 2.29 bits per heavy atom. The summed E-state index contributed by atoms with van der Waals surface area (Å²) >= 11 is 0. The van der Waals surface area contributed by atoms with Gasteiger partial charge in [-0.15, -0.1) is 0 Å². The van der Waals surface area contributed by atoms with Crippen LogP contribution in [0.5, 0.6) is 0 Å². The predicted octanol–water partition coefficient (Wildman–Crippen LogP) is 1.22. The summed E-state index contributed by atoms with van der Waals surface area (Å²) in [6, 6.07) is 5.75. The van der Waals surface area contributed by atoms with Gasteiger partial charge in [0.15, 0.2) is 0 Å². The Morgan fingerprint density at radius 1 is 1.29 bits per heavy atom. The number of ether oxygens (including phenoxy) is 1. The van der Waals surface area contributed by atoms with Crippen molar-refractivity contribution in [3.05, 3.63) is 29.8 Å². The molecule has 0 aromatic heterocycles. The lowest BCUT2D eigenvalue weighted by molar-refractivity contribution is 0.0447. The van der Waals surface area contributed by atoms with Crippen LogP contribution in [-0.4, -0.2) is 45.0 Å². The van der Waals surface area contributed by atoms with Gasteiger partial charge >= 0.3 is 5.97 Å². The van der Waals surface area contributed by atoms with Crippen molar-refractivity contribution in [1.29, 1.82) is 0 Å². The lowest BCUT2D eigenvalue weighted by Crippen LogP contribution is -2.34. The van der Waals surface area contributed by atoms with Gasteiger partial charge in [-0.05, 0) is 44.7 Å². The smallest absolute Gasteiger partial charge is 0.338 e. The van der Waals surface area contributed by atoms with Gasteiger partial charge in [-0.3, -0.25) is 4.90 Å².